The fourth-order valence-electron chi connectivity index (χ4n) is 10.7. The molecular weight excluding hydrogens is 410 g/mol. The zero-order valence-corrected chi connectivity index (χ0v) is 20.0. The van der Waals surface area contributed by atoms with Crippen LogP contribution in [-0.2, 0) is 19.0 Å². The number of ether oxygens (including phenoxy) is 3. The first kappa shape index (κ1) is 21.8. The van der Waals surface area contributed by atoms with Crippen molar-refractivity contribution in [2.24, 2.45) is 34.5 Å². The molecule has 7 nitrogen and oxygen atoms in total. The molecule has 1 saturated heterocycles. The number of piperidine rings is 1. The van der Waals surface area contributed by atoms with Crippen LogP contribution in [0.5, 0.6) is 0 Å². The summed E-state index contributed by atoms with van der Waals surface area (Å²) in [6, 6.07) is 0.0643. The molecule has 5 aliphatic carbocycles. The highest BCUT2D eigenvalue weighted by Gasteiger charge is 2.88. The van der Waals surface area contributed by atoms with Crippen LogP contribution in [0.1, 0.15) is 52.9 Å². The van der Waals surface area contributed by atoms with Crippen molar-refractivity contribution in [1.29, 1.82) is 0 Å². The minimum Gasteiger partial charge on any atom is -0.462 e. The lowest BCUT2D eigenvalue weighted by Crippen LogP contribution is -2.81. The molecule has 180 valence electrons. The molecule has 0 unspecified atom stereocenters. The topological polar surface area (TPSA) is 88.5 Å². The Kier molecular flexibility index (Phi) is 4.41. The monoisotopic (exact) mass is 449 g/mol. The van der Waals surface area contributed by atoms with E-state index in [2.05, 4.69) is 18.7 Å². The van der Waals surface area contributed by atoms with Crippen LogP contribution >= 0.6 is 0 Å². The number of likely N-dealkylation sites (tertiary alicyclic amines) is 1. The summed E-state index contributed by atoms with van der Waals surface area (Å²) in [5.74, 6) is -0.687. The molecule has 1 spiro atoms. The lowest BCUT2D eigenvalue weighted by molar-refractivity contribution is -0.324. The SMILES string of the molecule is CCN1C[C@]2(C)CC[C@H](OC)[C@]34[C@H]1[C@H](C[C@@H]23)[C@@]1(O)C[C@H](OC)[C@H]2C[C@]4(O)[C@@H]1[C@H]2OC(C)=O. The maximum atomic E-state index is 13.0. The van der Waals surface area contributed by atoms with Crippen LogP contribution in [0.4, 0.5) is 0 Å². The number of carbonyl (C=O) groups is 1. The number of hydrogen-bond donors (Lipinski definition) is 2. The first-order chi connectivity index (χ1) is 15.1. The summed E-state index contributed by atoms with van der Waals surface area (Å²) in [6.45, 7) is 7.92. The van der Waals surface area contributed by atoms with E-state index in [-0.39, 0.29) is 47.4 Å². The molecule has 0 aromatic carbocycles. The molecule has 7 bridgehead atoms. The van der Waals surface area contributed by atoms with Gasteiger partial charge in [0.1, 0.15) is 6.10 Å². The van der Waals surface area contributed by atoms with E-state index in [4.69, 9.17) is 14.2 Å². The molecule has 32 heavy (non-hydrogen) atoms. The van der Waals surface area contributed by atoms with Crippen LogP contribution in [0.25, 0.3) is 0 Å². The lowest BCUT2D eigenvalue weighted by atomic mass is 9.41. The number of carbonyl (C=O) groups excluding carboxylic acids is 1. The standard InChI is InChI=1S/C25H39NO6/c1-6-26-12-22(3)8-7-18(31-5)25-17(22)9-15(21(25)26)23(28)11-16(30-4)14-10-24(25,29)20(23)19(14)32-13(2)27/h14-21,28-29H,6-12H2,1-5H3/t14-,15+,16+,17+,18+,19+,20-,21-,22+,23+,24+,25+/m1/s1. The van der Waals surface area contributed by atoms with Gasteiger partial charge in [-0.05, 0) is 43.6 Å². The molecule has 1 heterocycles. The van der Waals surface area contributed by atoms with Gasteiger partial charge in [0.2, 0.25) is 0 Å². The highest BCUT2D eigenvalue weighted by molar-refractivity contribution is 5.66. The van der Waals surface area contributed by atoms with Gasteiger partial charge in [-0.2, -0.15) is 0 Å². The summed E-state index contributed by atoms with van der Waals surface area (Å²) in [5, 5.41) is 25.5. The average molecular weight is 450 g/mol. The molecule has 6 fully saturated rings. The van der Waals surface area contributed by atoms with Gasteiger partial charge in [-0.3, -0.25) is 9.69 Å². The van der Waals surface area contributed by atoms with Crippen molar-refractivity contribution in [2.75, 3.05) is 27.3 Å². The molecule has 0 amide bonds. The zero-order chi connectivity index (χ0) is 22.8. The summed E-state index contributed by atoms with van der Waals surface area (Å²) >= 11 is 0. The summed E-state index contributed by atoms with van der Waals surface area (Å²) in [6.07, 6.45) is 3.03. The maximum Gasteiger partial charge on any atom is 0.302 e. The smallest absolute Gasteiger partial charge is 0.302 e. The van der Waals surface area contributed by atoms with E-state index in [9.17, 15) is 15.0 Å². The fraction of sp³-hybridized carbons (Fsp3) is 0.960. The maximum absolute atomic E-state index is 13.0. The third-order valence-electron chi connectivity index (χ3n) is 11.3. The van der Waals surface area contributed by atoms with Gasteiger partial charge < -0.3 is 24.4 Å². The highest BCUT2D eigenvalue weighted by Crippen LogP contribution is 2.80. The molecule has 12 atom stereocenters. The zero-order valence-electron chi connectivity index (χ0n) is 20.0. The minimum atomic E-state index is -1.17. The highest BCUT2D eigenvalue weighted by atomic mass is 16.6. The Morgan fingerprint density at radius 2 is 1.94 bits per heavy atom. The Morgan fingerprint density at radius 1 is 1.19 bits per heavy atom. The van der Waals surface area contributed by atoms with Crippen LogP contribution in [0, 0.1) is 34.5 Å². The van der Waals surface area contributed by atoms with Crippen LogP contribution in [0.2, 0.25) is 0 Å². The lowest BCUT2D eigenvalue weighted by Gasteiger charge is -2.71. The van der Waals surface area contributed by atoms with Crippen molar-refractivity contribution >= 4 is 5.97 Å². The Bertz CT molecular complexity index is 837. The number of nitrogens with zero attached hydrogens (tertiary/aromatic N) is 1. The van der Waals surface area contributed by atoms with Gasteiger partial charge in [-0.15, -0.1) is 0 Å². The van der Waals surface area contributed by atoms with Crippen molar-refractivity contribution in [3.8, 4) is 0 Å². The van der Waals surface area contributed by atoms with Gasteiger partial charge in [-0.1, -0.05) is 13.8 Å². The van der Waals surface area contributed by atoms with E-state index in [1.165, 1.54) is 6.92 Å². The predicted octanol–water partition coefficient (Wildman–Crippen LogP) is 1.59. The van der Waals surface area contributed by atoms with Crippen molar-refractivity contribution in [3.05, 3.63) is 0 Å². The second-order valence-corrected chi connectivity index (χ2v) is 12.1. The summed E-state index contributed by atoms with van der Waals surface area (Å²) < 4.78 is 18.0. The third-order valence-corrected chi connectivity index (χ3v) is 11.3. The molecule has 6 rings (SSSR count). The molecule has 2 N–H and O–H groups in total. The Balaban J connectivity index is 1.62. The summed E-state index contributed by atoms with van der Waals surface area (Å²) in [5.41, 5.74) is -2.69. The van der Waals surface area contributed by atoms with Crippen molar-refractivity contribution in [2.45, 2.75) is 88.4 Å². The first-order valence-corrected chi connectivity index (χ1v) is 12.5. The summed E-state index contributed by atoms with van der Waals surface area (Å²) in [4.78, 5) is 14.7. The van der Waals surface area contributed by atoms with Gasteiger partial charge in [0, 0.05) is 57.4 Å². The summed E-state index contributed by atoms with van der Waals surface area (Å²) in [7, 11) is 3.46. The van der Waals surface area contributed by atoms with Gasteiger partial charge in [0.25, 0.3) is 0 Å². The van der Waals surface area contributed by atoms with Gasteiger partial charge in [0.15, 0.2) is 0 Å². The van der Waals surface area contributed by atoms with E-state index in [1.54, 1.807) is 14.2 Å². The van der Waals surface area contributed by atoms with Crippen LogP contribution in [-0.4, -0.2) is 83.9 Å². The number of rotatable bonds is 4. The minimum absolute atomic E-state index is 0.00468. The van der Waals surface area contributed by atoms with Crippen molar-refractivity contribution < 1.29 is 29.2 Å². The number of fused-ring (bicyclic) bond motifs is 2. The fourth-order valence-corrected chi connectivity index (χ4v) is 10.7. The largest absolute Gasteiger partial charge is 0.462 e. The second-order valence-electron chi connectivity index (χ2n) is 12.1. The molecule has 0 aromatic heterocycles. The number of esters is 1. The molecule has 5 saturated carbocycles. The van der Waals surface area contributed by atoms with Crippen LogP contribution in [0.3, 0.4) is 0 Å². The second kappa shape index (κ2) is 6.48. The van der Waals surface area contributed by atoms with Gasteiger partial charge in [-0.25, -0.2) is 0 Å². The van der Waals surface area contributed by atoms with E-state index in [1.807, 2.05) is 0 Å². The van der Waals surface area contributed by atoms with E-state index in [0.29, 0.717) is 12.8 Å². The number of aliphatic hydroxyl groups is 2. The third kappa shape index (κ3) is 2.11. The normalized spacial score (nSPS) is 59.8. The average Bonchev–Trinajstić information content (AvgIpc) is 3.16. The molecule has 0 aromatic rings. The number of methoxy groups -OCH3 is 2. The molecule has 0 radical (unpaired) electrons. The first-order valence-electron chi connectivity index (χ1n) is 12.5. The predicted molar refractivity (Wildman–Crippen MR) is 116 cm³/mol. The Hall–Kier alpha value is -0.730. The molecule has 7 heteroatoms. The van der Waals surface area contributed by atoms with E-state index >= 15 is 0 Å². The van der Waals surface area contributed by atoms with E-state index < -0.39 is 28.6 Å². The van der Waals surface area contributed by atoms with Crippen molar-refractivity contribution in [3.63, 3.8) is 0 Å². The Labute approximate surface area is 190 Å². The Morgan fingerprint density at radius 3 is 2.56 bits per heavy atom. The van der Waals surface area contributed by atoms with E-state index in [0.717, 1.165) is 32.4 Å². The van der Waals surface area contributed by atoms with Crippen LogP contribution in [0.15, 0.2) is 0 Å². The quantitative estimate of drug-likeness (QED) is 0.630. The van der Waals surface area contributed by atoms with Crippen molar-refractivity contribution in [1.82, 2.24) is 4.90 Å². The van der Waals surface area contributed by atoms with Gasteiger partial charge in [0.05, 0.1) is 29.3 Å². The molecule has 1 aliphatic heterocycles. The van der Waals surface area contributed by atoms with Gasteiger partial charge >= 0.3 is 5.97 Å². The van der Waals surface area contributed by atoms with Crippen LogP contribution < -0.4 is 0 Å². The molecule has 6 aliphatic rings. The number of hydrogen-bond acceptors (Lipinski definition) is 7. The molecular formula is C25H39NO6.